The molecule has 4 nitrogen and oxygen atoms in total. The molecule has 110 valence electrons. The largest absolute Gasteiger partial charge is 0.496 e. The quantitative estimate of drug-likeness (QED) is 0.868. The molecule has 0 amide bonds. The Morgan fingerprint density at radius 1 is 1.40 bits per heavy atom. The van der Waals surface area contributed by atoms with Gasteiger partial charge in [0.2, 0.25) is 0 Å². The number of nitrogens with two attached hydrogens (primary N) is 1. The number of carboxylic acids is 1. The van der Waals surface area contributed by atoms with Gasteiger partial charge in [0.15, 0.2) is 0 Å². The summed E-state index contributed by atoms with van der Waals surface area (Å²) >= 11 is 0. The second-order valence-corrected chi connectivity index (χ2v) is 5.46. The summed E-state index contributed by atoms with van der Waals surface area (Å²) in [7, 11) is 1.56. The van der Waals surface area contributed by atoms with Crippen LogP contribution in [0.25, 0.3) is 0 Å². The monoisotopic (exact) mass is 277 g/mol. The first-order valence-electron chi connectivity index (χ1n) is 7.28. The fourth-order valence-corrected chi connectivity index (χ4v) is 3.08. The summed E-state index contributed by atoms with van der Waals surface area (Å²) in [5, 5.41) is 9.31. The molecule has 4 heteroatoms. The number of benzene rings is 1. The van der Waals surface area contributed by atoms with Gasteiger partial charge in [-0.05, 0) is 30.4 Å². The first-order valence-corrected chi connectivity index (χ1v) is 7.28. The molecule has 2 rings (SSSR count). The summed E-state index contributed by atoms with van der Waals surface area (Å²) in [6.07, 6.45) is 6.19. The number of carboxylic acid groups (broad SMARTS) is 1. The summed E-state index contributed by atoms with van der Waals surface area (Å²) in [6.45, 7) is 0.0831. The molecule has 0 bridgehead atoms. The van der Waals surface area contributed by atoms with Gasteiger partial charge in [-0.3, -0.25) is 4.79 Å². The number of carbonyl (C=O) groups is 1. The first-order chi connectivity index (χ1) is 9.67. The van der Waals surface area contributed by atoms with E-state index in [2.05, 4.69) is 6.07 Å². The normalized spacial score (nSPS) is 17.7. The molecule has 1 saturated carbocycles. The zero-order valence-corrected chi connectivity index (χ0v) is 12.0. The Morgan fingerprint density at radius 3 is 2.65 bits per heavy atom. The molecule has 3 N–H and O–H groups in total. The summed E-state index contributed by atoms with van der Waals surface area (Å²) in [5.41, 5.74) is 7.54. The molecule has 1 fully saturated rings. The highest BCUT2D eigenvalue weighted by Gasteiger charge is 2.24. The SMILES string of the molecule is COc1ccc(C2CCCCC2)cc1C(CN)C(=O)O. The summed E-state index contributed by atoms with van der Waals surface area (Å²) in [4.78, 5) is 11.4. The Morgan fingerprint density at radius 2 is 2.10 bits per heavy atom. The Kier molecular flexibility index (Phi) is 5.01. The molecule has 1 atom stereocenters. The van der Waals surface area contributed by atoms with Crippen molar-refractivity contribution < 1.29 is 14.6 Å². The Labute approximate surface area is 119 Å². The number of aliphatic carboxylic acids is 1. The Hall–Kier alpha value is -1.55. The smallest absolute Gasteiger partial charge is 0.312 e. The van der Waals surface area contributed by atoms with Gasteiger partial charge in [-0.2, -0.15) is 0 Å². The Bertz CT molecular complexity index is 467. The predicted molar refractivity (Wildman–Crippen MR) is 78.3 cm³/mol. The van der Waals surface area contributed by atoms with E-state index in [4.69, 9.17) is 10.5 Å². The lowest BCUT2D eigenvalue weighted by atomic mass is 9.82. The lowest BCUT2D eigenvalue weighted by Gasteiger charge is -2.24. The number of methoxy groups -OCH3 is 1. The molecule has 0 saturated heterocycles. The van der Waals surface area contributed by atoms with Crippen LogP contribution in [0.4, 0.5) is 0 Å². The van der Waals surface area contributed by atoms with Gasteiger partial charge < -0.3 is 15.6 Å². The van der Waals surface area contributed by atoms with Gasteiger partial charge in [0.25, 0.3) is 0 Å². The van der Waals surface area contributed by atoms with Crippen LogP contribution in [0, 0.1) is 0 Å². The molecule has 0 aromatic heterocycles. The number of ether oxygens (including phenoxy) is 1. The van der Waals surface area contributed by atoms with Crippen LogP contribution in [0.5, 0.6) is 5.75 Å². The van der Waals surface area contributed by atoms with Crippen LogP contribution in [0.15, 0.2) is 18.2 Å². The van der Waals surface area contributed by atoms with Crippen LogP contribution in [-0.4, -0.2) is 24.7 Å². The van der Waals surface area contributed by atoms with Gasteiger partial charge in [-0.1, -0.05) is 31.4 Å². The average Bonchev–Trinajstić information content (AvgIpc) is 2.48. The van der Waals surface area contributed by atoms with Crippen LogP contribution >= 0.6 is 0 Å². The highest BCUT2D eigenvalue weighted by molar-refractivity contribution is 5.77. The van der Waals surface area contributed by atoms with Crippen molar-refractivity contribution in [2.24, 2.45) is 5.73 Å². The lowest BCUT2D eigenvalue weighted by Crippen LogP contribution is -2.22. The molecule has 1 aromatic carbocycles. The minimum atomic E-state index is -0.897. The van der Waals surface area contributed by atoms with E-state index >= 15 is 0 Å². The van der Waals surface area contributed by atoms with E-state index in [0.29, 0.717) is 17.2 Å². The number of hydrogen-bond acceptors (Lipinski definition) is 3. The zero-order chi connectivity index (χ0) is 14.5. The molecule has 1 unspecified atom stereocenters. The van der Waals surface area contributed by atoms with Crippen LogP contribution in [0.3, 0.4) is 0 Å². The van der Waals surface area contributed by atoms with Gasteiger partial charge in [0, 0.05) is 12.1 Å². The van der Waals surface area contributed by atoms with Crippen LogP contribution in [-0.2, 0) is 4.79 Å². The van der Waals surface area contributed by atoms with Gasteiger partial charge in [-0.25, -0.2) is 0 Å². The maximum atomic E-state index is 11.4. The lowest BCUT2D eigenvalue weighted by molar-refractivity contribution is -0.138. The second-order valence-electron chi connectivity index (χ2n) is 5.46. The van der Waals surface area contributed by atoms with Crippen molar-refractivity contribution in [1.82, 2.24) is 0 Å². The van der Waals surface area contributed by atoms with E-state index in [9.17, 15) is 9.90 Å². The standard InChI is InChI=1S/C16H23NO3/c1-20-15-8-7-12(11-5-3-2-4-6-11)9-13(15)14(10-17)16(18)19/h7-9,11,14H,2-6,10,17H2,1H3,(H,18,19). The fraction of sp³-hybridized carbons (Fsp3) is 0.562. The first kappa shape index (κ1) is 14.9. The molecular weight excluding hydrogens is 254 g/mol. The van der Waals surface area contributed by atoms with Gasteiger partial charge >= 0.3 is 5.97 Å². The average molecular weight is 277 g/mol. The van der Waals surface area contributed by atoms with Crippen molar-refractivity contribution in [1.29, 1.82) is 0 Å². The molecule has 0 spiro atoms. The minimum Gasteiger partial charge on any atom is -0.496 e. The molecule has 1 aliphatic carbocycles. The van der Waals surface area contributed by atoms with Crippen molar-refractivity contribution in [2.75, 3.05) is 13.7 Å². The van der Waals surface area contributed by atoms with Crippen molar-refractivity contribution in [3.05, 3.63) is 29.3 Å². The molecule has 0 aliphatic heterocycles. The van der Waals surface area contributed by atoms with Crippen molar-refractivity contribution >= 4 is 5.97 Å². The highest BCUT2D eigenvalue weighted by atomic mass is 16.5. The fourth-order valence-electron chi connectivity index (χ4n) is 3.08. The number of rotatable bonds is 5. The van der Waals surface area contributed by atoms with E-state index in [-0.39, 0.29) is 6.54 Å². The van der Waals surface area contributed by atoms with Crippen LogP contribution < -0.4 is 10.5 Å². The van der Waals surface area contributed by atoms with E-state index < -0.39 is 11.9 Å². The van der Waals surface area contributed by atoms with Crippen molar-refractivity contribution in [3.8, 4) is 5.75 Å². The van der Waals surface area contributed by atoms with Gasteiger partial charge in [-0.15, -0.1) is 0 Å². The maximum Gasteiger partial charge on any atom is 0.312 e. The summed E-state index contributed by atoms with van der Waals surface area (Å²) in [6, 6.07) is 5.93. The molecule has 1 aliphatic rings. The second kappa shape index (κ2) is 6.75. The number of hydrogen-bond donors (Lipinski definition) is 2. The summed E-state index contributed by atoms with van der Waals surface area (Å²) < 4.78 is 5.30. The molecule has 1 aromatic rings. The molecule has 20 heavy (non-hydrogen) atoms. The third kappa shape index (κ3) is 3.12. The molecule has 0 heterocycles. The van der Waals surface area contributed by atoms with E-state index in [1.165, 1.54) is 37.7 Å². The third-order valence-electron chi connectivity index (χ3n) is 4.24. The van der Waals surface area contributed by atoms with E-state index in [1.807, 2.05) is 12.1 Å². The van der Waals surface area contributed by atoms with Crippen molar-refractivity contribution in [3.63, 3.8) is 0 Å². The van der Waals surface area contributed by atoms with Gasteiger partial charge in [0.05, 0.1) is 13.0 Å². The van der Waals surface area contributed by atoms with Crippen LogP contribution in [0.2, 0.25) is 0 Å². The van der Waals surface area contributed by atoms with E-state index in [0.717, 1.165) is 0 Å². The minimum absolute atomic E-state index is 0.0831. The van der Waals surface area contributed by atoms with Crippen molar-refractivity contribution in [2.45, 2.75) is 43.9 Å². The van der Waals surface area contributed by atoms with Gasteiger partial charge in [0.1, 0.15) is 5.75 Å². The zero-order valence-electron chi connectivity index (χ0n) is 12.0. The topological polar surface area (TPSA) is 72.5 Å². The third-order valence-corrected chi connectivity index (χ3v) is 4.24. The molecular formula is C16H23NO3. The van der Waals surface area contributed by atoms with Crippen LogP contribution in [0.1, 0.15) is 55.1 Å². The molecule has 0 radical (unpaired) electrons. The van der Waals surface area contributed by atoms with E-state index in [1.54, 1.807) is 7.11 Å². The maximum absolute atomic E-state index is 11.4. The Balaban J connectivity index is 2.34. The summed E-state index contributed by atoms with van der Waals surface area (Å²) in [5.74, 6) is -0.442. The predicted octanol–water partition coefficient (Wildman–Crippen LogP) is 2.87. The highest BCUT2D eigenvalue weighted by Crippen LogP contribution is 2.36.